The predicted molar refractivity (Wildman–Crippen MR) is 534 cm³/mol. The van der Waals surface area contributed by atoms with Crippen LogP contribution in [0, 0.1) is 32.5 Å². The first-order chi connectivity index (χ1) is 70.6. The van der Waals surface area contributed by atoms with Crippen molar-refractivity contribution >= 4 is 130 Å². The molecule has 816 valence electrons. The Morgan fingerprint density at radius 2 is 0.426 bits per heavy atom. The van der Waals surface area contributed by atoms with Crippen LogP contribution in [0.4, 0.5) is 0 Å². The van der Waals surface area contributed by atoms with E-state index in [1.807, 2.05) is 0 Å². The molecule has 52 N–H and O–H groups in total. The summed E-state index contributed by atoms with van der Waals surface area (Å²) in [5.74, 6) is -19.3. The van der Waals surface area contributed by atoms with Gasteiger partial charge in [0.25, 0.3) is 0 Å². The fourth-order valence-corrected chi connectivity index (χ4v) is 14.8. The fraction of sp³-hybridized carbons (Fsp3) is 0.565. The SMILES string of the molecule is N=C(N)NCCC[C@H](NC(=O)CN)C(=O)N[C@@H](CCCCN)C(=O)N[C@@H](CCCNC(=N)N)C(=O)N[C@@H](CCCNC(=N)N)C(=O)N[C@@H](CCC(N)=O)C(=O)N[C@@H](CCCNC(=N)N)C(=O)N[C@@H](CCCNC(=N)N)C(=O)N[C@@H](CCCNC(=N)N)C(=O)N[C@@H](Cc1c[nH]cn1)C(=O)N[C@@H](Cc1c[nH]cn1)C(=O)N[C@@H](Cc1c[nH]cn1)C(=O)N[C@@H](Cc1c[nH]cn1)C(=O)N[C@@H](Cc1c[nH]cn1)C(=O)N[C@@H](CCCCN)C(=O)O. The minimum absolute atomic E-state index is 0.00954. The number of guanidine groups is 6. The molecule has 63 nitrogen and oxygen atoms in total. The Labute approximate surface area is 849 Å². The maximum Gasteiger partial charge on any atom is 0.326 e. The highest BCUT2D eigenvalue weighted by Gasteiger charge is 2.40. The Kier molecular flexibility index (Phi) is 54.9. The number of aliphatic carboxylic acids is 1. The van der Waals surface area contributed by atoms with E-state index in [2.05, 4.69) is 156 Å². The first kappa shape index (κ1) is 122. The number of nitrogens with one attached hydrogen (secondary N) is 31. The van der Waals surface area contributed by atoms with E-state index in [0.717, 1.165) is 0 Å². The van der Waals surface area contributed by atoms with Gasteiger partial charge in [-0.25, -0.2) is 29.7 Å². The van der Waals surface area contributed by atoms with Crippen molar-refractivity contribution in [2.45, 2.75) is 245 Å². The van der Waals surface area contributed by atoms with E-state index in [1.165, 1.54) is 62.6 Å². The lowest BCUT2D eigenvalue weighted by molar-refractivity contribution is -0.142. The molecule has 5 heterocycles. The van der Waals surface area contributed by atoms with Crippen LogP contribution in [0.25, 0.3) is 0 Å². The molecule has 0 radical (unpaired) electrons. The van der Waals surface area contributed by atoms with Crippen LogP contribution < -0.4 is 164 Å². The number of primary amides is 1. The molecule has 0 bridgehead atoms. The molecule has 0 spiro atoms. The summed E-state index contributed by atoms with van der Waals surface area (Å²) in [5.41, 5.74) is 57.2. The van der Waals surface area contributed by atoms with Gasteiger partial charge < -0.3 is 194 Å². The third kappa shape index (κ3) is 48.4. The summed E-state index contributed by atoms with van der Waals surface area (Å²) in [5, 5.41) is 109. The van der Waals surface area contributed by atoms with Crippen molar-refractivity contribution < 1.29 is 81.8 Å². The molecule has 0 aromatic carbocycles. The Morgan fingerprint density at radius 3 is 0.601 bits per heavy atom. The second-order valence-electron chi connectivity index (χ2n) is 34.3. The van der Waals surface area contributed by atoms with Crippen LogP contribution in [-0.4, -0.2) is 329 Å². The Morgan fingerprint density at radius 1 is 0.250 bits per heavy atom. The van der Waals surface area contributed by atoms with Crippen molar-refractivity contribution in [3.05, 3.63) is 91.1 Å². The number of carboxylic acids is 1. The number of nitrogens with two attached hydrogens (primary N) is 10. The number of aromatic amines is 5. The van der Waals surface area contributed by atoms with Crippen molar-refractivity contribution in [3.63, 3.8) is 0 Å². The number of imidazole rings is 5. The van der Waals surface area contributed by atoms with Gasteiger partial charge in [0.2, 0.25) is 88.6 Å². The molecule has 63 heteroatoms. The summed E-state index contributed by atoms with van der Waals surface area (Å²) in [7, 11) is 0. The van der Waals surface area contributed by atoms with Crippen molar-refractivity contribution in [2.24, 2.45) is 57.3 Å². The highest BCUT2D eigenvalue weighted by Crippen LogP contribution is 2.16. The van der Waals surface area contributed by atoms with E-state index in [-0.39, 0.29) is 196 Å². The number of amides is 15. The molecule has 15 amide bonds. The molecule has 0 aliphatic rings. The van der Waals surface area contributed by atoms with E-state index in [9.17, 15) is 43.5 Å². The first-order valence-electron chi connectivity index (χ1n) is 47.9. The third-order valence-corrected chi connectivity index (χ3v) is 22.4. The number of carbonyl (C=O) groups excluding carboxylic acids is 15. The van der Waals surface area contributed by atoms with E-state index in [4.69, 9.17) is 89.8 Å². The molecule has 5 aromatic rings. The predicted octanol–water partition coefficient (Wildman–Crippen LogP) is -13.3. The van der Waals surface area contributed by atoms with Gasteiger partial charge in [-0.05, 0) is 135 Å². The number of nitrogens with zero attached hydrogens (tertiary/aromatic N) is 5. The zero-order valence-electron chi connectivity index (χ0n) is 81.9. The van der Waals surface area contributed by atoms with Crippen molar-refractivity contribution in [2.75, 3.05) is 58.9 Å². The van der Waals surface area contributed by atoms with Gasteiger partial charge in [0, 0.05) is 109 Å². The van der Waals surface area contributed by atoms with Gasteiger partial charge >= 0.3 is 5.97 Å². The van der Waals surface area contributed by atoms with Crippen LogP contribution in [0.15, 0.2) is 62.6 Å². The van der Waals surface area contributed by atoms with Gasteiger partial charge in [-0.3, -0.25) is 104 Å². The average Bonchev–Trinajstić information content (AvgIpc) is 1.08. The summed E-state index contributed by atoms with van der Waals surface area (Å²) in [6.45, 7) is -0.437. The van der Waals surface area contributed by atoms with E-state index in [1.54, 1.807) is 0 Å². The molecule has 5 aromatic heterocycles. The quantitative estimate of drug-likeness (QED) is 0.00976. The third-order valence-electron chi connectivity index (χ3n) is 22.4. The highest BCUT2D eigenvalue weighted by atomic mass is 16.4. The second-order valence-corrected chi connectivity index (χ2v) is 34.3. The Balaban J connectivity index is 1.52. The Hall–Kier alpha value is -16.9. The topological polar surface area (TPSA) is 1080 Å². The van der Waals surface area contributed by atoms with Crippen LogP contribution in [0.3, 0.4) is 0 Å². The van der Waals surface area contributed by atoms with Gasteiger partial charge in [0.15, 0.2) is 35.8 Å². The van der Waals surface area contributed by atoms with Gasteiger partial charge in [-0.15, -0.1) is 0 Å². The van der Waals surface area contributed by atoms with Crippen molar-refractivity contribution in [1.82, 2.24) is 156 Å². The molecule has 14 atom stereocenters. The van der Waals surface area contributed by atoms with Crippen LogP contribution in [0.2, 0.25) is 0 Å². The van der Waals surface area contributed by atoms with E-state index in [0.29, 0.717) is 19.3 Å². The number of hydrogen-bond acceptors (Lipinski definition) is 30. The molecule has 5 rings (SSSR count). The molecule has 0 aliphatic heterocycles. The lowest BCUT2D eigenvalue weighted by Gasteiger charge is -2.29. The number of hydrogen-bond donors (Lipinski definition) is 42. The maximum atomic E-state index is 15.3. The molecule has 148 heavy (non-hydrogen) atoms. The zero-order valence-corrected chi connectivity index (χ0v) is 81.9. The largest absolute Gasteiger partial charge is 0.480 e. The van der Waals surface area contributed by atoms with Crippen LogP contribution >= 0.6 is 0 Å². The molecule has 0 saturated carbocycles. The summed E-state index contributed by atoms with van der Waals surface area (Å²) in [6.07, 6.45) is 10.00. The summed E-state index contributed by atoms with van der Waals surface area (Å²) < 4.78 is 0. The fourth-order valence-electron chi connectivity index (χ4n) is 14.8. The van der Waals surface area contributed by atoms with Crippen molar-refractivity contribution in [1.29, 1.82) is 32.5 Å². The Bertz CT molecular complexity index is 5090. The molecular formula is C85H144N46O17. The summed E-state index contributed by atoms with van der Waals surface area (Å²) >= 11 is 0. The molecule has 0 saturated heterocycles. The minimum Gasteiger partial charge on any atom is -0.480 e. The highest BCUT2D eigenvalue weighted by molar-refractivity contribution is 6.01. The first-order valence-corrected chi connectivity index (χ1v) is 47.9. The molecular weight excluding hydrogens is 1940 g/mol. The monoisotopic (exact) mass is 2080 g/mol. The minimum atomic E-state index is -1.84. The number of rotatable bonds is 74. The van der Waals surface area contributed by atoms with Gasteiger partial charge in [-0.2, -0.15) is 0 Å². The van der Waals surface area contributed by atoms with Gasteiger partial charge in [0.05, 0.1) is 66.7 Å². The number of H-pyrrole nitrogens is 5. The van der Waals surface area contributed by atoms with Crippen molar-refractivity contribution in [3.8, 4) is 0 Å². The summed E-state index contributed by atoms with van der Waals surface area (Å²) in [4.78, 5) is 267. The summed E-state index contributed by atoms with van der Waals surface area (Å²) in [6, 6.07) is -22.6. The van der Waals surface area contributed by atoms with E-state index < -0.39 is 248 Å². The number of carboxylic acid groups (broad SMARTS) is 1. The van der Waals surface area contributed by atoms with E-state index >= 15 is 38.4 Å². The zero-order chi connectivity index (χ0) is 109. The van der Waals surface area contributed by atoms with Gasteiger partial charge in [-0.1, -0.05) is 0 Å². The average molecular weight is 2080 g/mol. The van der Waals surface area contributed by atoms with Gasteiger partial charge in [0.1, 0.15) is 84.6 Å². The normalized spacial score (nSPS) is 13.8. The van der Waals surface area contributed by atoms with Crippen LogP contribution in [0.1, 0.15) is 157 Å². The molecule has 0 unspecified atom stereocenters. The second kappa shape index (κ2) is 66.8. The lowest BCUT2D eigenvalue weighted by Crippen LogP contribution is -2.61. The molecule has 0 fully saturated rings. The standard InChI is InChI=1S/C85H144N46O17/c86-21-3-1-11-51(119-66(134)50(118-65(133)34-88)13-5-23-107-80(90)91)67(135)120-52(14-6-24-108-81(92)93)68(136)122-55(17-9-27-111-84(98)99)71(139)125-57(19-20-64(89)132)73(141)124-54(16-8-26-110-83(96)97)70(138)121-53(15-7-25-109-82(94)95)69(137)123-56(18-10-28-112-85(100)101)72(140)127-60(30-46-36-103-41-114-46)75(143)129-62(32-48-38-105-43-116-48)77(145)131-63(33-49-39-106-44-117-49)78(146)130-61(31-47-37-104-42-115-47)76(144)128-59(29-45-35-102-40-113-45)74(142)126-58(79(147)148)12-2-4-22-87/h35-44,50-63H,1-34,86-88H2,(H2,89,132)(H,102,113)(H,103,114)(H,104,115)(H,105,116)(H,106,117)(H,118,133)(H,119,134)(H,120,135)(H,121,138)(H,122,136)(H,123,137)(H,124,141)(H,125,139)(H,126,142)(H,127,140)(H,128,144)(H,129,143)(H,130,146)(H,131,145)(H,147,148)(H4,90,91,107)(H4,92,93,108)(H4,94,95,109)(H4,96,97,110)(H4,98,99,111)(H4,100,101,112)/t50-,51-,52-,53-,54-,55-,56-,57-,58-,59-,60-,61-,62-,63-/m0/s1. The van der Waals surface area contributed by atoms with Crippen LogP contribution in [-0.2, 0) is 109 Å². The maximum absolute atomic E-state index is 15.3. The lowest BCUT2D eigenvalue weighted by atomic mass is 10.0. The molecule has 0 aliphatic carbocycles. The smallest absolute Gasteiger partial charge is 0.326 e. The van der Waals surface area contributed by atoms with Crippen LogP contribution in [0.5, 0.6) is 0 Å². The number of unbranched alkanes of at least 4 members (excludes halogenated alkanes) is 2. The number of aromatic nitrogens is 10. The number of carbonyl (C=O) groups is 16.